The second-order valence-electron chi connectivity index (χ2n) is 5.04. The number of carbonyl (C=O) groups is 1. The van der Waals surface area contributed by atoms with Gasteiger partial charge in [-0.3, -0.25) is 0 Å². The van der Waals surface area contributed by atoms with E-state index in [0.717, 1.165) is 3.97 Å². The van der Waals surface area contributed by atoms with E-state index in [0.29, 0.717) is 15.9 Å². The number of esters is 1. The fraction of sp³-hybridized carbons (Fsp3) is 0.118. The van der Waals surface area contributed by atoms with Crippen LogP contribution in [0, 0.1) is 0 Å². The summed E-state index contributed by atoms with van der Waals surface area (Å²) in [5.41, 5.74) is 0.271. The van der Waals surface area contributed by atoms with E-state index in [1.165, 1.54) is 24.3 Å². The summed E-state index contributed by atoms with van der Waals surface area (Å²) in [6.07, 6.45) is 0. The molecule has 0 saturated heterocycles. The Morgan fingerprint density at radius 1 is 1.12 bits per heavy atom. The fourth-order valence-corrected chi connectivity index (χ4v) is 4.14. The highest BCUT2D eigenvalue weighted by atomic mass is 35.5. The Morgan fingerprint density at radius 2 is 1.83 bits per heavy atom. The molecule has 3 aromatic rings. The van der Waals surface area contributed by atoms with Crippen LogP contribution in [0.1, 0.15) is 17.4 Å². The number of rotatable bonds is 4. The maximum Gasteiger partial charge on any atom is 0.356 e. The van der Waals surface area contributed by atoms with Gasteiger partial charge in [0.1, 0.15) is 5.69 Å². The second-order valence-corrected chi connectivity index (χ2v) is 7.26. The van der Waals surface area contributed by atoms with Crippen molar-refractivity contribution in [1.29, 1.82) is 0 Å². The van der Waals surface area contributed by atoms with Crippen LogP contribution in [0.5, 0.6) is 0 Å². The lowest BCUT2D eigenvalue weighted by molar-refractivity contribution is 0.0518. The Kier molecular flexibility index (Phi) is 4.34. The number of benzene rings is 2. The first-order chi connectivity index (χ1) is 11.4. The van der Waals surface area contributed by atoms with Crippen molar-refractivity contribution in [3.05, 3.63) is 65.3 Å². The normalized spacial score (nSPS) is 11.6. The number of ether oxygens (including phenoxy) is 1. The Hall–Kier alpha value is -2.31. The van der Waals surface area contributed by atoms with Gasteiger partial charge in [0.15, 0.2) is 0 Å². The monoisotopic (exact) mass is 363 g/mol. The van der Waals surface area contributed by atoms with Gasteiger partial charge in [-0.15, -0.1) is 0 Å². The highest BCUT2D eigenvalue weighted by Gasteiger charge is 2.27. The van der Waals surface area contributed by atoms with Gasteiger partial charge in [0.2, 0.25) is 0 Å². The fourth-order valence-electron chi connectivity index (χ4n) is 2.45. The predicted molar refractivity (Wildman–Crippen MR) is 91.9 cm³/mol. The van der Waals surface area contributed by atoms with E-state index in [1.54, 1.807) is 37.3 Å². The van der Waals surface area contributed by atoms with E-state index in [-0.39, 0.29) is 17.2 Å². The summed E-state index contributed by atoms with van der Waals surface area (Å²) in [6.45, 7) is 1.81. The quantitative estimate of drug-likeness (QED) is 0.663. The molecule has 0 aliphatic carbocycles. The Morgan fingerprint density at radius 3 is 2.50 bits per heavy atom. The average Bonchev–Trinajstić information content (AvgIpc) is 2.95. The van der Waals surface area contributed by atoms with Gasteiger partial charge in [-0.05, 0) is 37.3 Å². The van der Waals surface area contributed by atoms with Crippen LogP contribution in [-0.4, -0.2) is 25.0 Å². The molecule has 0 radical (unpaired) electrons. The Bertz CT molecular complexity index is 1010. The first-order valence-electron chi connectivity index (χ1n) is 7.24. The molecule has 1 aromatic heterocycles. The molecule has 0 aliphatic heterocycles. The minimum Gasteiger partial charge on any atom is -0.461 e. The number of aromatic nitrogens is 1. The van der Waals surface area contributed by atoms with Crippen LogP contribution >= 0.6 is 11.6 Å². The summed E-state index contributed by atoms with van der Waals surface area (Å²) in [4.78, 5) is 12.3. The third-order valence-electron chi connectivity index (χ3n) is 3.49. The van der Waals surface area contributed by atoms with Crippen LogP contribution in [0.2, 0.25) is 5.02 Å². The number of hydrogen-bond donors (Lipinski definition) is 0. The van der Waals surface area contributed by atoms with E-state index in [1.807, 2.05) is 0 Å². The molecule has 5 nitrogen and oxygen atoms in total. The van der Waals surface area contributed by atoms with Crippen molar-refractivity contribution in [1.82, 2.24) is 3.97 Å². The lowest BCUT2D eigenvalue weighted by Gasteiger charge is -2.11. The van der Waals surface area contributed by atoms with Gasteiger partial charge in [-0.25, -0.2) is 17.2 Å². The number of carbonyl (C=O) groups excluding carboxylic acids is 1. The van der Waals surface area contributed by atoms with E-state index >= 15 is 0 Å². The maximum atomic E-state index is 13.1. The summed E-state index contributed by atoms with van der Waals surface area (Å²) in [5.74, 6) is -0.704. The number of fused-ring (bicyclic) bond motifs is 1. The smallest absolute Gasteiger partial charge is 0.356 e. The number of halogens is 1. The first kappa shape index (κ1) is 16.5. The summed E-state index contributed by atoms with van der Waals surface area (Å²) in [6, 6.07) is 14.2. The van der Waals surface area contributed by atoms with Crippen LogP contribution < -0.4 is 0 Å². The minimum absolute atomic E-state index is 0.0574. The second kappa shape index (κ2) is 6.30. The molecule has 0 N–H and O–H groups in total. The molecule has 0 bridgehead atoms. The largest absolute Gasteiger partial charge is 0.461 e. The van der Waals surface area contributed by atoms with Crippen LogP contribution in [0.4, 0.5) is 0 Å². The van der Waals surface area contributed by atoms with Crippen LogP contribution in [0.15, 0.2) is 59.5 Å². The van der Waals surface area contributed by atoms with Crippen LogP contribution in [-0.2, 0) is 14.8 Å². The van der Waals surface area contributed by atoms with Crippen molar-refractivity contribution in [3.63, 3.8) is 0 Å². The molecule has 0 aliphatic rings. The zero-order valence-corrected chi connectivity index (χ0v) is 14.3. The standard InChI is InChI=1S/C17H14ClNO4S/c1-2-23-17(20)16-10-12-8-9-13(18)11-15(12)19(16)24(21,22)14-6-4-3-5-7-14/h3-11H,2H2,1H3. The Labute approximate surface area is 144 Å². The Balaban J connectivity index is 2.34. The van der Waals surface area contributed by atoms with Crippen molar-refractivity contribution in [2.45, 2.75) is 11.8 Å². The highest BCUT2D eigenvalue weighted by molar-refractivity contribution is 7.90. The molecule has 124 valence electrons. The molecule has 0 amide bonds. The van der Waals surface area contributed by atoms with E-state index in [2.05, 4.69) is 0 Å². The average molecular weight is 364 g/mol. The molecule has 1 heterocycles. The summed E-state index contributed by atoms with van der Waals surface area (Å²) < 4.78 is 32.1. The molecule has 0 unspecified atom stereocenters. The van der Waals surface area contributed by atoms with E-state index in [9.17, 15) is 13.2 Å². The van der Waals surface area contributed by atoms with Gasteiger partial charge >= 0.3 is 5.97 Å². The zero-order valence-electron chi connectivity index (χ0n) is 12.8. The minimum atomic E-state index is -3.98. The highest BCUT2D eigenvalue weighted by Crippen LogP contribution is 2.28. The summed E-state index contributed by atoms with van der Waals surface area (Å²) in [7, 11) is -3.98. The van der Waals surface area contributed by atoms with Crippen LogP contribution in [0.3, 0.4) is 0 Å². The van der Waals surface area contributed by atoms with Crippen molar-refractivity contribution in [2.24, 2.45) is 0 Å². The lowest BCUT2D eigenvalue weighted by atomic mass is 10.2. The molecule has 0 saturated carbocycles. The van der Waals surface area contributed by atoms with Gasteiger partial charge in [-0.2, -0.15) is 0 Å². The summed E-state index contributed by atoms with van der Waals surface area (Å²) >= 11 is 6.01. The van der Waals surface area contributed by atoms with Crippen LogP contribution in [0.25, 0.3) is 10.9 Å². The zero-order chi connectivity index (χ0) is 17.3. The van der Waals surface area contributed by atoms with E-state index < -0.39 is 16.0 Å². The molecular formula is C17H14ClNO4S. The predicted octanol–water partition coefficient (Wildman–Crippen LogP) is 3.71. The van der Waals surface area contributed by atoms with Gasteiger partial charge < -0.3 is 4.74 Å². The van der Waals surface area contributed by atoms with Gasteiger partial charge in [0.05, 0.1) is 17.0 Å². The van der Waals surface area contributed by atoms with Crippen molar-refractivity contribution >= 4 is 38.5 Å². The SMILES string of the molecule is CCOC(=O)c1cc2ccc(Cl)cc2n1S(=O)(=O)c1ccccc1. The molecule has 24 heavy (non-hydrogen) atoms. The molecule has 3 rings (SSSR count). The number of nitrogens with zero attached hydrogens (tertiary/aromatic N) is 1. The first-order valence-corrected chi connectivity index (χ1v) is 9.05. The van der Waals surface area contributed by atoms with E-state index in [4.69, 9.17) is 16.3 Å². The van der Waals surface area contributed by atoms with Gasteiger partial charge in [0, 0.05) is 10.4 Å². The van der Waals surface area contributed by atoms with Gasteiger partial charge in [0.25, 0.3) is 10.0 Å². The maximum absolute atomic E-state index is 13.1. The molecule has 7 heteroatoms. The molecule has 0 fully saturated rings. The van der Waals surface area contributed by atoms with Crippen molar-refractivity contribution in [2.75, 3.05) is 6.61 Å². The third kappa shape index (κ3) is 2.79. The number of hydrogen-bond acceptors (Lipinski definition) is 4. The molecule has 0 spiro atoms. The van der Waals surface area contributed by atoms with Crippen molar-refractivity contribution in [3.8, 4) is 0 Å². The lowest BCUT2D eigenvalue weighted by Crippen LogP contribution is -2.19. The topological polar surface area (TPSA) is 65.4 Å². The molecule has 2 aromatic carbocycles. The molecular weight excluding hydrogens is 350 g/mol. The summed E-state index contributed by atoms with van der Waals surface area (Å²) in [5, 5.41) is 0.961. The molecule has 0 atom stereocenters. The van der Waals surface area contributed by atoms with Gasteiger partial charge in [-0.1, -0.05) is 35.9 Å². The third-order valence-corrected chi connectivity index (χ3v) is 5.47. The van der Waals surface area contributed by atoms with Crippen molar-refractivity contribution < 1.29 is 17.9 Å².